The minimum absolute atomic E-state index is 0.435. The van der Waals surface area contributed by atoms with Gasteiger partial charge in [0.1, 0.15) is 0 Å². The Morgan fingerprint density at radius 1 is 1.39 bits per heavy atom. The molecule has 0 fully saturated rings. The van der Waals surface area contributed by atoms with E-state index in [0.29, 0.717) is 25.7 Å². The quantitative estimate of drug-likeness (QED) is 0.458. The number of ether oxygens (including phenoxy) is 1. The highest BCUT2D eigenvalue weighted by Crippen LogP contribution is 2.10. The highest BCUT2D eigenvalue weighted by atomic mass is 16.5. The van der Waals surface area contributed by atoms with Gasteiger partial charge in [-0.15, -0.1) is 0 Å². The maximum Gasteiger partial charge on any atom is 0.189 e. The molecular formula is C14H21N3O. The molecule has 0 heterocycles. The average molecular weight is 247 g/mol. The summed E-state index contributed by atoms with van der Waals surface area (Å²) in [7, 11) is 1.68. The van der Waals surface area contributed by atoms with Crippen LogP contribution in [0.2, 0.25) is 0 Å². The third kappa shape index (κ3) is 5.01. The lowest BCUT2D eigenvalue weighted by Crippen LogP contribution is -2.32. The third-order valence-electron chi connectivity index (χ3n) is 2.41. The molecule has 0 amide bonds. The van der Waals surface area contributed by atoms with Gasteiger partial charge in [-0.25, -0.2) is 4.99 Å². The largest absolute Gasteiger partial charge is 0.380 e. The monoisotopic (exact) mass is 247 g/mol. The molecule has 0 saturated carbocycles. The molecule has 0 aliphatic carbocycles. The normalized spacial score (nSPS) is 11.3. The minimum Gasteiger partial charge on any atom is -0.380 e. The molecule has 0 radical (unpaired) electrons. The topological polar surface area (TPSA) is 59.6 Å². The van der Waals surface area contributed by atoms with E-state index >= 15 is 0 Å². The van der Waals surface area contributed by atoms with Crippen molar-refractivity contribution in [2.24, 2.45) is 10.7 Å². The fourth-order valence-electron chi connectivity index (χ4n) is 1.48. The van der Waals surface area contributed by atoms with Gasteiger partial charge in [-0.05, 0) is 18.1 Å². The standard InChI is InChI=1S/C14H21N3O/c1-11(2)8-16-14(15)17-9-12-6-4-5-7-13(12)10-18-3/h4-7H,1,8-10H2,2-3H3,(H3,15,16,17). The Morgan fingerprint density at radius 3 is 2.67 bits per heavy atom. The van der Waals surface area contributed by atoms with Crippen LogP contribution < -0.4 is 11.1 Å². The van der Waals surface area contributed by atoms with Crippen LogP contribution in [0.3, 0.4) is 0 Å². The number of benzene rings is 1. The number of rotatable bonds is 6. The lowest BCUT2D eigenvalue weighted by atomic mass is 10.1. The minimum atomic E-state index is 0.435. The van der Waals surface area contributed by atoms with Crippen molar-refractivity contribution in [3.63, 3.8) is 0 Å². The van der Waals surface area contributed by atoms with Gasteiger partial charge in [-0.2, -0.15) is 0 Å². The zero-order valence-electron chi connectivity index (χ0n) is 11.1. The molecule has 3 N–H and O–H groups in total. The van der Waals surface area contributed by atoms with Gasteiger partial charge in [-0.1, -0.05) is 36.4 Å². The molecule has 4 nitrogen and oxygen atoms in total. The third-order valence-corrected chi connectivity index (χ3v) is 2.41. The van der Waals surface area contributed by atoms with E-state index < -0.39 is 0 Å². The first-order valence-electron chi connectivity index (χ1n) is 5.87. The smallest absolute Gasteiger partial charge is 0.189 e. The van der Waals surface area contributed by atoms with E-state index in [-0.39, 0.29) is 0 Å². The number of nitrogens with zero attached hydrogens (tertiary/aromatic N) is 1. The highest BCUT2D eigenvalue weighted by molar-refractivity contribution is 5.78. The van der Waals surface area contributed by atoms with E-state index in [1.54, 1.807) is 7.11 Å². The van der Waals surface area contributed by atoms with Gasteiger partial charge in [0.05, 0.1) is 13.2 Å². The molecule has 0 aromatic heterocycles. The fraction of sp³-hybridized carbons (Fsp3) is 0.357. The predicted octanol–water partition coefficient (Wildman–Crippen LogP) is 1.81. The summed E-state index contributed by atoms with van der Waals surface area (Å²) in [5.74, 6) is 0.435. The molecule has 0 bridgehead atoms. The lowest BCUT2D eigenvalue weighted by molar-refractivity contribution is 0.184. The van der Waals surface area contributed by atoms with Crippen LogP contribution in [0.1, 0.15) is 18.1 Å². The Labute approximate surface area is 109 Å². The summed E-state index contributed by atoms with van der Waals surface area (Å²) in [5, 5.41) is 3.00. The summed E-state index contributed by atoms with van der Waals surface area (Å²) in [4.78, 5) is 4.30. The van der Waals surface area contributed by atoms with Gasteiger partial charge >= 0.3 is 0 Å². The number of hydrogen-bond donors (Lipinski definition) is 2. The predicted molar refractivity (Wildman–Crippen MR) is 75.3 cm³/mol. The molecule has 1 rings (SSSR count). The van der Waals surface area contributed by atoms with Crippen molar-refractivity contribution >= 4 is 5.96 Å². The average Bonchev–Trinajstić information content (AvgIpc) is 2.35. The van der Waals surface area contributed by atoms with Crippen LogP contribution >= 0.6 is 0 Å². The summed E-state index contributed by atoms with van der Waals surface area (Å²) in [6, 6.07) is 8.04. The summed E-state index contributed by atoms with van der Waals surface area (Å²) >= 11 is 0. The summed E-state index contributed by atoms with van der Waals surface area (Å²) in [6.45, 7) is 7.52. The highest BCUT2D eigenvalue weighted by Gasteiger charge is 2.00. The van der Waals surface area contributed by atoms with Gasteiger partial charge in [-0.3, -0.25) is 0 Å². The fourth-order valence-corrected chi connectivity index (χ4v) is 1.48. The van der Waals surface area contributed by atoms with E-state index in [9.17, 15) is 0 Å². The number of hydrogen-bond acceptors (Lipinski definition) is 2. The molecular weight excluding hydrogens is 226 g/mol. The molecule has 0 unspecified atom stereocenters. The molecule has 4 heteroatoms. The molecule has 0 aliphatic heterocycles. The van der Waals surface area contributed by atoms with E-state index in [2.05, 4.69) is 16.9 Å². The van der Waals surface area contributed by atoms with Crippen LogP contribution in [0.4, 0.5) is 0 Å². The summed E-state index contributed by atoms with van der Waals surface area (Å²) in [6.07, 6.45) is 0. The molecule has 0 spiro atoms. The van der Waals surface area contributed by atoms with Crippen molar-refractivity contribution in [1.82, 2.24) is 5.32 Å². The van der Waals surface area contributed by atoms with Gasteiger partial charge in [0.25, 0.3) is 0 Å². The number of nitrogens with one attached hydrogen (secondary N) is 1. The summed E-state index contributed by atoms with van der Waals surface area (Å²) in [5.41, 5.74) is 9.04. The van der Waals surface area contributed by atoms with E-state index in [1.165, 1.54) is 0 Å². The first kappa shape index (κ1) is 14.3. The molecule has 0 saturated heterocycles. The van der Waals surface area contributed by atoms with Gasteiger partial charge in [0.15, 0.2) is 5.96 Å². The van der Waals surface area contributed by atoms with Gasteiger partial charge in [0.2, 0.25) is 0 Å². The zero-order valence-corrected chi connectivity index (χ0v) is 11.1. The van der Waals surface area contributed by atoms with Crippen LogP contribution in [-0.2, 0) is 17.9 Å². The van der Waals surface area contributed by atoms with Crippen molar-refractivity contribution < 1.29 is 4.74 Å². The molecule has 18 heavy (non-hydrogen) atoms. The van der Waals surface area contributed by atoms with Crippen molar-refractivity contribution in [2.45, 2.75) is 20.1 Å². The molecule has 0 aliphatic rings. The molecule has 0 atom stereocenters. The molecule has 98 valence electrons. The van der Waals surface area contributed by atoms with Crippen LogP contribution in [-0.4, -0.2) is 19.6 Å². The second kappa shape index (κ2) is 7.50. The lowest BCUT2D eigenvalue weighted by Gasteiger charge is -2.08. The van der Waals surface area contributed by atoms with Crippen molar-refractivity contribution in [3.8, 4) is 0 Å². The number of methoxy groups -OCH3 is 1. The number of nitrogens with two attached hydrogens (primary N) is 1. The zero-order chi connectivity index (χ0) is 13.4. The van der Waals surface area contributed by atoms with Gasteiger partial charge < -0.3 is 15.8 Å². The van der Waals surface area contributed by atoms with Crippen molar-refractivity contribution in [2.75, 3.05) is 13.7 Å². The first-order chi connectivity index (χ1) is 8.63. The van der Waals surface area contributed by atoms with Crippen LogP contribution in [0, 0.1) is 0 Å². The molecule has 1 aromatic rings. The van der Waals surface area contributed by atoms with E-state index in [0.717, 1.165) is 16.7 Å². The van der Waals surface area contributed by atoms with E-state index in [1.807, 2.05) is 31.2 Å². The maximum absolute atomic E-state index is 5.76. The summed E-state index contributed by atoms with van der Waals surface area (Å²) < 4.78 is 5.15. The Morgan fingerprint density at radius 2 is 2.06 bits per heavy atom. The van der Waals surface area contributed by atoms with Crippen molar-refractivity contribution in [1.29, 1.82) is 0 Å². The van der Waals surface area contributed by atoms with Crippen molar-refractivity contribution in [3.05, 3.63) is 47.5 Å². The number of aliphatic imine (C=N–C) groups is 1. The first-order valence-corrected chi connectivity index (χ1v) is 5.87. The van der Waals surface area contributed by atoms with E-state index in [4.69, 9.17) is 10.5 Å². The number of guanidine groups is 1. The van der Waals surface area contributed by atoms with Gasteiger partial charge in [0, 0.05) is 13.7 Å². The second-order valence-electron chi connectivity index (χ2n) is 4.21. The Balaban J connectivity index is 2.61. The van der Waals surface area contributed by atoms with Crippen LogP contribution in [0.5, 0.6) is 0 Å². The second-order valence-corrected chi connectivity index (χ2v) is 4.21. The van der Waals surface area contributed by atoms with Crippen LogP contribution in [0.25, 0.3) is 0 Å². The SMILES string of the molecule is C=C(C)CNC(N)=NCc1ccccc1COC. The maximum atomic E-state index is 5.76. The van der Waals surface area contributed by atoms with Crippen LogP contribution in [0.15, 0.2) is 41.4 Å². The molecule has 1 aromatic carbocycles. The Kier molecular flexibility index (Phi) is 5.94. The Bertz CT molecular complexity index is 427. The Hall–Kier alpha value is -1.81.